The quantitative estimate of drug-likeness (QED) is 0.631. The molecule has 0 saturated heterocycles. The minimum absolute atomic E-state index is 0.0241. The monoisotopic (exact) mass is 239 g/mol. The van der Waals surface area contributed by atoms with Crippen molar-refractivity contribution in [3.8, 4) is 0 Å². The summed E-state index contributed by atoms with van der Waals surface area (Å²) in [6.45, 7) is 15.1. The predicted octanol–water partition coefficient (Wildman–Crippen LogP) is 1.47. The Morgan fingerprint density at radius 2 is 1.88 bits per heavy atom. The van der Waals surface area contributed by atoms with Crippen molar-refractivity contribution >= 4 is 5.91 Å². The fourth-order valence-electron chi connectivity index (χ4n) is 1.43. The standard InChI is InChI=1S/C13H25N3O/c1-6-14-12(5)11(4)13(17)15-9-10-16(7-2)8-3/h6,14H,1,7-10H2,2-5H3,(H,15,17)/b12-11+. The number of nitrogens with one attached hydrogen (secondary N) is 2. The lowest BCUT2D eigenvalue weighted by atomic mass is 10.2. The molecule has 0 aromatic heterocycles. The summed E-state index contributed by atoms with van der Waals surface area (Å²) < 4.78 is 0. The van der Waals surface area contributed by atoms with Gasteiger partial charge in [0.25, 0.3) is 0 Å². The molecule has 0 rings (SSSR count). The van der Waals surface area contributed by atoms with Gasteiger partial charge in [0.15, 0.2) is 0 Å². The van der Waals surface area contributed by atoms with Gasteiger partial charge in [-0.1, -0.05) is 20.4 Å². The van der Waals surface area contributed by atoms with Gasteiger partial charge in [0.05, 0.1) is 0 Å². The summed E-state index contributed by atoms with van der Waals surface area (Å²) >= 11 is 0. The number of hydrogen-bond donors (Lipinski definition) is 2. The van der Waals surface area contributed by atoms with Gasteiger partial charge in [-0.05, 0) is 33.1 Å². The summed E-state index contributed by atoms with van der Waals surface area (Å²) in [5, 5.41) is 5.83. The molecule has 0 unspecified atom stereocenters. The molecule has 0 spiro atoms. The summed E-state index contributed by atoms with van der Waals surface area (Å²) in [6.07, 6.45) is 1.57. The first-order valence-electron chi connectivity index (χ1n) is 6.12. The van der Waals surface area contributed by atoms with Crippen LogP contribution in [-0.4, -0.2) is 37.0 Å². The minimum atomic E-state index is -0.0241. The lowest BCUT2D eigenvalue weighted by Crippen LogP contribution is -2.35. The fourth-order valence-corrected chi connectivity index (χ4v) is 1.43. The molecule has 0 bridgehead atoms. The summed E-state index contributed by atoms with van der Waals surface area (Å²) in [7, 11) is 0. The number of likely N-dealkylation sites (N-methyl/N-ethyl adjacent to an activating group) is 1. The highest BCUT2D eigenvalue weighted by molar-refractivity contribution is 5.93. The van der Waals surface area contributed by atoms with E-state index in [4.69, 9.17) is 0 Å². The Balaban J connectivity index is 4.10. The molecule has 0 aliphatic heterocycles. The van der Waals surface area contributed by atoms with Crippen LogP contribution in [0, 0.1) is 0 Å². The molecule has 0 radical (unpaired) electrons. The Hall–Kier alpha value is -1.29. The molecule has 4 heteroatoms. The second-order valence-corrected chi connectivity index (χ2v) is 3.88. The summed E-state index contributed by atoms with van der Waals surface area (Å²) in [5.41, 5.74) is 1.53. The lowest BCUT2D eigenvalue weighted by Gasteiger charge is -2.18. The van der Waals surface area contributed by atoms with Crippen LogP contribution in [0.3, 0.4) is 0 Å². The van der Waals surface area contributed by atoms with E-state index in [0.717, 1.165) is 25.3 Å². The van der Waals surface area contributed by atoms with Crippen molar-refractivity contribution in [3.63, 3.8) is 0 Å². The van der Waals surface area contributed by atoms with E-state index in [9.17, 15) is 4.79 Å². The predicted molar refractivity (Wildman–Crippen MR) is 72.5 cm³/mol. The summed E-state index contributed by atoms with van der Waals surface area (Å²) in [4.78, 5) is 14.0. The third-order valence-electron chi connectivity index (χ3n) is 2.83. The summed E-state index contributed by atoms with van der Waals surface area (Å²) in [6, 6.07) is 0. The molecular weight excluding hydrogens is 214 g/mol. The molecule has 0 aromatic carbocycles. The number of rotatable bonds is 8. The zero-order chi connectivity index (χ0) is 13.3. The molecular formula is C13H25N3O. The van der Waals surface area contributed by atoms with E-state index in [1.807, 2.05) is 6.92 Å². The fraction of sp³-hybridized carbons (Fsp3) is 0.615. The SMILES string of the molecule is C=CN/C(C)=C(\C)C(=O)NCCN(CC)CC. The van der Waals surface area contributed by atoms with Gasteiger partial charge in [-0.25, -0.2) is 0 Å². The van der Waals surface area contributed by atoms with Crippen molar-refractivity contribution in [2.24, 2.45) is 0 Å². The smallest absolute Gasteiger partial charge is 0.248 e. The molecule has 0 aliphatic carbocycles. The lowest BCUT2D eigenvalue weighted by molar-refractivity contribution is -0.117. The number of carbonyl (C=O) groups is 1. The average Bonchev–Trinajstić information content (AvgIpc) is 2.33. The number of allylic oxidation sites excluding steroid dienone is 1. The highest BCUT2D eigenvalue weighted by Gasteiger charge is 2.07. The van der Waals surface area contributed by atoms with E-state index in [-0.39, 0.29) is 5.91 Å². The van der Waals surface area contributed by atoms with Gasteiger partial charge >= 0.3 is 0 Å². The normalized spacial score (nSPS) is 12.1. The molecule has 0 aliphatic rings. The molecule has 2 N–H and O–H groups in total. The first-order chi connectivity index (χ1) is 8.06. The minimum Gasteiger partial charge on any atom is -0.365 e. The maximum atomic E-state index is 11.8. The first-order valence-corrected chi connectivity index (χ1v) is 6.12. The van der Waals surface area contributed by atoms with Crippen LogP contribution in [0.2, 0.25) is 0 Å². The molecule has 0 atom stereocenters. The van der Waals surface area contributed by atoms with Gasteiger partial charge in [0.2, 0.25) is 5.91 Å². The second kappa shape index (κ2) is 8.82. The maximum Gasteiger partial charge on any atom is 0.248 e. The van der Waals surface area contributed by atoms with E-state index in [2.05, 4.69) is 36.0 Å². The zero-order valence-electron chi connectivity index (χ0n) is 11.5. The van der Waals surface area contributed by atoms with E-state index >= 15 is 0 Å². The van der Waals surface area contributed by atoms with Gasteiger partial charge in [0.1, 0.15) is 0 Å². The Kier molecular flexibility index (Phi) is 8.15. The zero-order valence-corrected chi connectivity index (χ0v) is 11.5. The van der Waals surface area contributed by atoms with Crippen molar-refractivity contribution in [2.75, 3.05) is 26.2 Å². The third-order valence-corrected chi connectivity index (χ3v) is 2.83. The van der Waals surface area contributed by atoms with Crippen LogP contribution in [0.1, 0.15) is 27.7 Å². The topological polar surface area (TPSA) is 44.4 Å². The molecule has 1 amide bonds. The number of nitrogens with zero attached hydrogens (tertiary/aromatic N) is 1. The van der Waals surface area contributed by atoms with E-state index < -0.39 is 0 Å². The third kappa shape index (κ3) is 6.12. The van der Waals surface area contributed by atoms with Gasteiger partial charge in [-0.3, -0.25) is 4.79 Å². The van der Waals surface area contributed by atoms with Crippen LogP contribution in [0.4, 0.5) is 0 Å². The number of hydrogen-bond acceptors (Lipinski definition) is 3. The van der Waals surface area contributed by atoms with Crippen LogP contribution < -0.4 is 10.6 Å². The van der Waals surface area contributed by atoms with Crippen LogP contribution in [0.5, 0.6) is 0 Å². The highest BCUT2D eigenvalue weighted by atomic mass is 16.1. The van der Waals surface area contributed by atoms with Gasteiger partial charge < -0.3 is 15.5 Å². The molecule has 98 valence electrons. The molecule has 0 heterocycles. The van der Waals surface area contributed by atoms with E-state index in [0.29, 0.717) is 12.1 Å². The molecule has 0 saturated carbocycles. The highest BCUT2D eigenvalue weighted by Crippen LogP contribution is 1.99. The van der Waals surface area contributed by atoms with E-state index in [1.54, 1.807) is 13.1 Å². The van der Waals surface area contributed by atoms with Crippen LogP contribution in [0.15, 0.2) is 24.0 Å². The molecule has 17 heavy (non-hydrogen) atoms. The number of amides is 1. The van der Waals surface area contributed by atoms with Crippen LogP contribution in [-0.2, 0) is 4.79 Å². The van der Waals surface area contributed by atoms with Crippen molar-refractivity contribution in [1.29, 1.82) is 0 Å². The van der Waals surface area contributed by atoms with Gasteiger partial charge in [-0.15, -0.1) is 0 Å². The second-order valence-electron chi connectivity index (χ2n) is 3.88. The molecule has 4 nitrogen and oxygen atoms in total. The Morgan fingerprint density at radius 3 is 2.35 bits per heavy atom. The summed E-state index contributed by atoms with van der Waals surface area (Å²) in [5.74, 6) is -0.0241. The number of carbonyl (C=O) groups excluding carboxylic acids is 1. The van der Waals surface area contributed by atoms with Crippen molar-refractivity contribution in [2.45, 2.75) is 27.7 Å². The van der Waals surface area contributed by atoms with Crippen molar-refractivity contribution in [1.82, 2.24) is 15.5 Å². The van der Waals surface area contributed by atoms with Crippen LogP contribution in [0.25, 0.3) is 0 Å². The Morgan fingerprint density at radius 1 is 1.29 bits per heavy atom. The Labute approximate surface area is 105 Å². The average molecular weight is 239 g/mol. The molecule has 0 fully saturated rings. The van der Waals surface area contributed by atoms with Crippen molar-refractivity contribution in [3.05, 3.63) is 24.0 Å². The van der Waals surface area contributed by atoms with Gasteiger partial charge in [0, 0.05) is 24.4 Å². The van der Waals surface area contributed by atoms with Crippen LogP contribution >= 0.6 is 0 Å². The van der Waals surface area contributed by atoms with Gasteiger partial charge in [-0.2, -0.15) is 0 Å². The first kappa shape index (κ1) is 15.7. The Bertz CT molecular complexity index is 280. The van der Waals surface area contributed by atoms with Crippen molar-refractivity contribution < 1.29 is 4.79 Å². The molecule has 0 aromatic rings. The van der Waals surface area contributed by atoms with E-state index in [1.165, 1.54) is 0 Å². The largest absolute Gasteiger partial charge is 0.365 e. The maximum absolute atomic E-state index is 11.8.